The molecule has 0 saturated heterocycles. The van der Waals surface area contributed by atoms with Gasteiger partial charge in [0.05, 0.1) is 7.11 Å². The van der Waals surface area contributed by atoms with E-state index >= 15 is 0 Å². The Morgan fingerprint density at radius 1 is 1.15 bits per heavy atom. The summed E-state index contributed by atoms with van der Waals surface area (Å²) in [6.45, 7) is 2.48. The zero-order valence-electron chi connectivity index (χ0n) is 14.9. The van der Waals surface area contributed by atoms with Gasteiger partial charge < -0.3 is 14.5 Å². The third-order valence-electron chi connectivity index (χ3n) is 3.95. The Hall–Kier alpha value is -3.15. The van der Waals surface area contributed by atoms with Crippen LogP contribution in [-0.4, -0.2) is 23.2 Å². The van der Waals surface area contributed by atoms with E-state index < -0.39 is 0 Å². The van der Waals surface area contributed by atoms with Crippen LogP contribution in [-0.2, 0) is 17.8 Å². The molecule has 0 atom stereocenters. The molecule has 1 heterocycles. The minimum atomic E-state index is -0.0591. The molecular weight excluding hydrogens is 330 g/mol. The topological polar surface area (TPSA) is 77.2 Å². The van der Waals surface area contributed by atoms with E-state index in [1.807, 2.05) is 55.5 Å². The van der Waals surface area contributed by atoms with Crippen molar-refractivity contribution in [2.45, 2.75) is 26.3 Å². The molecule has 1 N–H and O–H groups in total. The van der Waals surface area contributed by atoms with Gasteiger partial charge in [-0.2, -0.15) is 0 Å². The molecule has 0 unspecified atom stereocenters. The maximum absolute atomic E-state index is 12.0. The van der Waals surface area contributed by atoms with Crippen LogP contribution in [0, 0.1) is 6.92 Å². The fourth-order valence-electron chi connectivity index (χ4n) is 2.50. The van der Waals surface area contributed by atoms with Gasteiger partial charge in [-0.25, -0.2) is 0 Å². The summed E-state index contributed by atoms with van der Waals surface area (Å²) in [5.41, 5.74) is 3.02. The number of carbonyl (C=O) groups excluding carboxylic acids is 1. The SMILES string of the molecule is COc1ccc(CNC(=O)CCc2nnc(-c3cccc(C)c3)o2)cc1. The molecule has 0 radical (unpaired) electrons. The van der Waals surface area contributed by atoms with Crippen molar-refractivity contribution < 1.29 is 13.9 Å². The molecule has 1 aromatic heterocycles. The van der Waals surface area contributed by atoms with E-state index in [9.17, 15) is 4.79 Å². The molecule has 0 spiro atoms. The zero-order chi connectivity index (χ0) is 18.4. The first-order valence-corrected chi connectivity index (χ1v) is 8.43. The largest absolute Gasteiger partial charge is 0.497 e. The minimum Gasteiger partial charge on any atom is -0.497 e. The maximum Gasteiger partial charge on any atom is 0.247 e. The molecule has 1 amide bonds. The Kier molecular flexibility index (Phi) is 5.63. The van der Waals surface area contributed by atoms with Crippen LogP contribution >= 0.6 is 0 Å². The quantitative estimate of drug-likeness (QED) is 0.707. The van der Waals surface area contributed by atoms with Gasteiger partial charge in [0, 0.05) is 24.9 Å². The lowest BCUT2D eigenvalue weighted by atomic mass is 10.1. The molecule has 0 fully saturated rings. The summed E-state index contributed by atoms with van der Waals surface area (Å²) in [4.78, 5) is 12.0. The molecule has 2 aromatic carbocycles. The van der Waals surface area contributed by atoms with Crippen molar-refractivity contribution in [2.75, 3.05) is 7.11 Å². The molecular formula is C20H21N3O3. The monoisotopic (exact) mass is 351 g/mol. The fourth-order valence-corrected chi connectivity index (χ4v) is 2.50. The smallest absolute Gasteiger partial charge is 0.247 e. The summed E-state index contributed by atoms with van der Waals surface area (Å²) in [6.07, 6.45) is 0.707. The first kappa shape index (κ1) is 17.7. The second-order valence-corrected chi connectivity index (χ2v) is 6.00. The van der Waals surface area contributed by atoms with Crippen LogP contribution < -0.4 is 10.1 Å². The molecule has 6 heteroatoms. The maximum atomic E-state index is 12.0. The lowest BCUT2D eigenvalue weighted by molar-refractivity contribution is -0.121. The number of aryl methyl sites for hydroxylation is 2. The van der Waals surface area contributed by atoms with Gasteiger partial charge >= 0.3 is 0 Å². The van der Waals surface area contributed by atoms with Crippen molar-refractivity contribution in [3.05, 3.63) is 65.5 Å². The summed E-state index contributed by atoms with van der Waals surface area (Å²) in [6, 6.07) is 15.4. The van der Waals surface area contributed by atoms with Gasteiger partial charge in [0.2, 0.25) is 17.7 Å². The number of carbonyl (C=O) groups is 1. The highest BCUT2D eigenvalue weighted by Crippen LogP contribution is 2.19. The van der Waals surface area contributed by atoms with Gasteiger partial charge in [0.15, 0.2) is 0 Å². The molecule has 6 nitrogen and oxygen atoms in total. The number of aromatic nitrogens is 2. The van der Waals surface area contributed by atoms with Crippen molar-refractivity contribution in [2.24, 2.45) is 0 Å². The van der Waals surface area contributed by atoms with E-state index in [1.54, 1.807) is 7.11 Å². The molecule has 26 heavy (non-hydrogen) atoms. The lowest BCUT2D eigenvalue weighted by Crippen LogP contribution is -2.23. The van der Waals surface area contributed by atoms with E-state index in [0.29, 0.717) is 31.2 Å². The Labute approximate surface area is 152 Å². The predicted molar refractivity (Wildman–Crippen MR) is 97.6 cm³/mol. The van der Waals surface area contributed by atoms with Crippen molar-refractivity contribution in [1.29, 1.82) is 0 Å². The minimum absolute atomic E-state index is 0.0591. The summed E-state index contributed by atoms with van der Waals surface area (Å²) < 4.78 is 10.8. The number of nitrogens with zero attached hydrogens (tertiary/aromatic N) is 2. The lowest BCUT2D eigenvalue weighted by Gasteiger charge is -2.05. The van der Waals surface area contributed by atoms with Gasteiger partial charge in [0.25, 0.3) is 0 Å². The summed E-state index contributed by atoms with van der Waals surface area (Å²) in [5.74, 6) is 1.67. The third-order valence-corrected chi connectivity index (χ3v) is 3.95. The van der Waals surface area contributed by atoms with Crippen LogP contribution in [0.3, 0.4) is 0 Å². The number of rotatable bonds is 7. The number of methoxy groups -OCH3 is 1. The third kappa shape index (κ3) is 4.69. The van der Waals surface area contributed by atoms with E-state index in [4.69, 9.17) is 9.15 Å². The van der Waals surface area contributed by atoms with Crippen LogP contribution in [0.2, 0.25) is 0 Å². The zero-order valence-corrected chi connectivity index (χ0v) is 14.9. The van der Waals surface area contributed by atoms with Gasteiger partial charge in [-0.1, -0.05) is 29.8 Å². The summed E-state index contributed by atoms with van der Waals surface area (Å²) in [7, 11) is 1.62. The number of hydrogen-bond acceptors (Lipinski definition) is 5. The number of amides is 1. The average molecular weight is 351 g/mol. The Balaban J connectivity index is 1.48. The van der Waals surface area contributed by atoms with Crippen LogP contribution in [0.25, 0.3) is 11.5 Å². The highest BCUT2D eigenvalue weighted by atomic mass is 16.5. The van der Waals surface area contributed by atoms with Gasteiger partial charge in [-0.3, -0.25) is 4.79 Å². The molecule has 0 aliphatic carbocycles. The standard InChI is InChI=1S/C20H21N3O3/c1-14-4-3-5-16(12-14)20-23-22-19(26-20)11-10-18(24)21-13-15-6-8-17(25-2)9-7-15/h3-9,12H,10-11,13H2,1-2H3,(H,21,24). The molecule has 3 rings (SSSR count). The van der Waals surface area contributed by atoms with Crippen molar-refractivity contribution in [3.8, 4) is 17.2 Å². The first-order chi connectivity index (χ1) is 12.6. The molecule has 0 saturated carbocycles. The van der Waals surface area contributed by atoms with Crippen molar-refractivity contribution in [1.82, 2.24) is 15.5 Å². The normalized spacial score (nSPS) is 10.5. The average Bonchev–Trinajstić information content (AvgIpc) is 3.14. The highest BCUT2D eigenvalue weighted by Gasteiger charge is 2.10. The second-order valence-electron chi connectivity index (χ2n) is 6.00. The number of nitrogens with one attached hydrogen (secondary N) is 1. The Bertz CT molecular complexity index is 872. The van der Waals surface area contributed by atoms with Crippen LogP contribution in [0.1, 0.15) is 23.4 Å². The fraction of sp³-hybridized carbons (Fsp3) is 0.250. The number of ether oxygens (including phenoxy) is 1. The summed E-state index contributed by atoms with van der Waals surface area (Å²) in [5, 5.41) is 11.0. The van der Waals surface area contributed by atoms with E-state index in [2.05, 4.69) is 15.5 Å². The Morgan fingerprint density at radius 2 is 1.96 bits per heavy atom. The number of hydrogen-bond donors (Lipinski definition) is 1. The van der Waals surface area contributed by atoms with Crippen molar-refractivity contribution in [3.63, 3.8) is 0 Å². The molecule has 0 aliphatic heterocycles. The highest BCUT2D eigenvalue weighted by molar-refractivity contribution is 5.76. The molecule has 134 valence electrons. The van der Waals surface area contributed by atoms with Gasteiger partial charge in [0.1, 0.15) is 5.75 Å². The molecule has 0 bridgehead atoms. The van der Waals surface area contributed by atoms with Gasteiger partial charge in [-0.05, 0) is 36.8 Å². The van der Waals surface area contributed by atoms with Crippen LogP contribution in [0.5, 0.6) is 5.75 Å². The van der Waals surface area contributed by atoms with Gasteiger partial charge in [-0.15, -0.1) is 10.2 Å². The van der Waals surface area contributed by atoms with Crippen molar-refractivity contribution >= 4 is 5.91 Å². The second kappa shape index (κ2) is 8.29. The summed E-state index contributed by atoms with van der Waals surface area (Å²) >= 11 is 0. The molecule has 0 aliphatic rings. The first-order valence-electron chi connectivity index (χ1n) is 8.43. The van der Waals surface area contributed by atoms with E-state index in [-0.39, 0.29) is 5.91 Å². The van der Waals surface area contributed by atoms with Crippen LogP contribution in [0.15, 0.2) is 52.9 Å². The van der Waals surface area contributed by atoms with E-state index in [0.717, 1.165) is 22.4 Å². The predicted octanol–water partition coefficient (Wildman–Crippen LogP) is 3.30. The Morgan fingerprint density at radius 3 is 2.69 bits per heavy atom. The molecule has 3 aromatic rings. The number of benzene rings is 2. The van der Waals surface area contributed by atoms with E-state index in [1.165, 1.54) is 0 Å². The van der Waals surface area contributed by atoms with Crippen LogP contribution in [0.4, 0.5) is 0 Å².